The molecule has 0 atom stereocenters. The van der Waals surface area contributed by atoms with Crippen molar-refractivity contribution in [1.29, 1.82) is 0 Å². The van der Waals surface area contributed by atoms with Gasteiger partial charge < -0.3 is 14.6 Å². The molecule has 4 rings (SSSR count). The average Bonchev–Trinajstić information content (AvgIpc) is 3.33. The van der Waals surface area contributed by atoms with Gasteiger partial charge in [0.05, 0.1) is 30.4 Å². The van der Waals surface area contributed by atoms with Gasteiger partial charge >= 0.3 is 6.18 Å². The molecule has 0 aliphatic carbocycles. The predicted molar refractivity (Wildman–Crippen MR) is 107 cm³/mol. The fraction of sp³-hybridized carbons (Fsp3) is 0.200. The zero-order chi connectivity index (χ0) is 22.2. The molecule has 0 unspecified atom stereocenters. The first-order valence-corrected chi connectivity index (χ1v) is 9.16. The number of methoxy groups -OCH3 is 1. The molecule has 1 N–H and O–H groups in total. The van der Waals surface area contributed by atoms with Crippen molar-refractivity contribution in [2.24, 2.45) is 7.05 Å². The monoisotopic (exact) mass is 429 g/mol. The van der Waals surface area contributed by atoms with E-state index in [2.05, 4.69) is 25.4 Å². The number of halogens is 3. The number of benzene rings is 1. The molecule has 3 heterocycles. The van der Waals surface area contributed by atoms with Crippen LogP contribution in [-0.2, 0) is 13.2 Å². The first kappa shape index (κ1) is 20.4. The highest BCUT2D eigenvalue weighted by molar-refractivity contribution is 5.65. The summed E-state index contributed by atoms with van der Waals surface area (Å²) in [6.45, 7) is 1.88. The van der Waals surface area contributed by atoms with E-state index in [0.29, 0.717) is 17.1 Å². The maximum atomic E-state index is 13.2. The van der Waals surface area contributed by atoms with E-state index in [1.54, 1.807) is 32.6 Å². The minimum atomic E-state index is -4.55. The Bertz CT molecular complexity index is 1230. The first-order valence-electron chi connectivity index (χ1n) is 9.16. The lowest BCUT2D eigenvalue weighted by Crippen LogP contribution is -2.11. The van der Waals surface area contributed by atoms with Crippen molar-refractivity contribution in [1.82, 2.24) is 29.3 Å². The fourth-order valence-corrected chi connectivity index (χ4v) is 3.04. The lowest BCUT2D eigenvalue weighted by Gasteiger charge is -2.12. The van der Waals surface area contributed by atoms with Crippen molar-refractivity contribution in [3.8, 4) is 22.8 Å². The highest BCUT2D eigenvalue weighted by Gasteiger charge is 2.34. The largest absolute Gasteiger partial charge is 0.495 e. The molecular formula is C20H18F3N7O. The molecule has 3 aromatic heterocycles. The van der Waals surface area contributed by atoms with Gasteiger partial charge in [0, 0.05) is 25.0 Å². The number of ether oxygens (including phenoxy) is 1. The third-order valence-corrected chi connectivity index (χ3v) is 4.53. The van der Waals surface area contributed by atoms with Gasteiger partial charge in [-0.05, 0) is 37.3 Å². The number of pyridine rings is 1. The van der Waals surface area contributed by atoms with Crippen LogP contribution in [0.3, 0.4) is 0 Å². The molecule has 0 saturated heterocycles. The quantitative estimate of drug-likeness (QED) is 0.513. The van der Waals surface area contributed by atoms with Gasteiger partial charge in [0.15, 0.2) is 5.82 Å². The molecule has 160 valence electrons. The second-order valence-electron chi connectivity index (χ2n) is 6.71. The third kappa shape index (κ3) is 4.06. The highest BCUT2D eigenvalue weighted by Crippen LogP contribution is 2.35. The van der Waals surface area contributed by atoms with Crippen LogP contribution in [0.25, 0.3) is 17.1 Å². The Morgan fingerprint density at radius 3 is 2.61 bits per heavy atom. The summed E-state index contributed by atoms with van der Waals surface area (Å²) in [5.74, 6) is 0.662. The molecule has 8 nitrogen and oxygen atoms in total. The number of alkyl halides is 3. The lowest BCUT2D eigenvalue weighted by atomic mass is 10.1. The Morgan fingerprint density at radius 2 is 1.94 bits per heavy atom. The molecule has 31 heavy (non-hydrogen) atoms. The van der Waals surface area contributed by atoms with Crippen molar-refractivity contribution in [2.75, 3.05) is 12.4 Å². The number of nitrogens with zero attached hydrogens (tertiary/aromatic N) is 6. The van der Waals surface area contributed by atoms with E-state index in [4.69, 9.17) is 4.74 Å². The molecule has 0 radical (unpaired) electrons. The van der Waals surface area contributed by atoms with Crippen LogP contribution in [0.2, 0.25) is 0 Å². The summed E-state index contributed by atoms with van der Waals surface area (Å²) in [7, 11) is 3.12. The van der Waals surface area contributed by atoms with Crippen molar-refractivity contribution in [3.05, 3.63) is 60.3 Å². The summed E-state index contributed by atoms with van der Waals surface area (Å²) in [6, 6.07) is 7.57. The van der Waals surface area contributed by atoms with Crippen molar-refractivity contribution < 1.29 is 17.9 Å². The summed E-state index contributed by atoms with van der Waals surface area (Å²) < 4.78 is 48.4. The van der Waals surface area contributed by atoms with E-state index < -0.39 is 11.7 Å². The zero-order valence-electron chi connectivity index (χ0n) is 16.8. The highest BCUT2D eigenvalue weighted by atomic mass is 19.4. The summed E-state index contributed by atoms with van der Waals surface area (Å²) in [4.78, 5) is 12.3. The lowest BCUT2D eigenvalue weighted by molar-refractivity contribution is -0.137. The van der Waals surface area contributed by atoms with E-state index >= 15 is 0 Å². The Labute approximate surface area is 175 Å². The van der Waals surface area contributed by atoms with Crippen LogP contribution in [-0.4, -0.2) is 36.4 Å². The molecule has 0 spiro atoms. The maximum absolute atomic E-state index is 13.2. The van der Waals surface area contributed by atoms with Crippen molar-refractivity contribution in [3.63, 3.8) is 0 Å². The minimum absolute atomic E-state index is 0.118. The van der Waals surface area contributed by atoms with Crippen LogP contribution >= 0.6 is 0 Å². The number of rotatable bonds is 5. The second kappa shape index (κ2) is 7.74. The van der Waals surface area contributed by atoms with Gasteiger partial charge in [-0.25, -0.2) is 14.6 Å². The fourth-order valence-electron chi connectivity index (χ4n) is 3.04. The third-order valence-electron chi connectivity index (χ3n) is 4.53. The minimum Gasteiger partial charge on any atom is -0.495 e. The SMILES string of the molecule is COc1cc(-c2nc(Nc3ncccc3C(F)(F)F)n(C)n2)ccc1-n1cnc(C)c1. The normalized spacial score (nSPS) is 11.5. The standard InChI is InChI=1S/C20H18F3N7O/c1-12-10-30(11-25-12)15-7-6-13(9-16(15)31-3)17-26-19(29(2)28-17)27-18-14(20(21,22)23)5-4-8-24-18/h4-11H,1-3H3,(H,24,26,27,28). The number of aryl methyl sites for hydroxylation is 2. The van der Waals surface area contributed by atoms with Crippen molar-refractivity contribution >= 4 is 11.8 Å². The van der Waals surface area contributed by atoms with E-state index in [0.717, 1.165) is 17.4 Å². The smallest absolute Gasteiger partial charge is 0.419 e. The number of aromatic nitrogens is 6. The van der Waals surface area contributed by atoms with Gasteiger partial charge in [-0.1, -0.05) is 0 Å². The number of hydrogen-bond acceptors (Lipinski definition) is 6. The predicted octanol–water partition coefficient (Wildman–Crippen LogP) is 4.14. The number of imidazole rings is 1. The molecule has 0 fully saturated rings. The Morgan fingerprint density at radius 1 is 1.13 bits per heavy atom. The van der Waals surface area contributed by atoms with Gasteiger partial charge in [0.2, 0.25) is 5.95 Å². The van der Waals surface area contributed by atoms with Crippen LogP contribution in [0, 0.1) is 6.92 Å². The Kier molecular flexibility index (Phi) is 5.09. The molecule has 11 heteroatoms. The summed E-state index contributed by atoms with van der Waals surface area (Å²) in [5.41, 5.74) is 1.39. The van der Waals surface area contributed by atoms with Gasteiger partial charge in [-0.15, -0.1) is 5.10 Å². The van der Waals surface area contributed by atoms with Crippen LogP contribution in [0.15, 0.2) is 49.1 Å². The molecule has 0 bridgehead atoms. The molecular weight excluding hydrogens is 411 g/mol. The van der Waals surface area contributed by atoms with E-state index in [9.17, 15) is 13.2 Å². The first-order chi connectivity index (χ1) is 14.8. The van der Waals surface area contributed by atoms with Gasteiger partial charge in [0.25, 0.3) is 0 Å². The van der Waals surface area contributed by atoms with E-state index in [1.165, 1.54) is 16.9 Å². The molecule has 4 aromatic rings. The van der Waals surface area contributed by atoms with Gasteiger partial charge in [0.1, 0.15) is 11.6 Å². The second-order valence-corrected chi connectivity index (χ2v) is 6.71. The average molecular weight is 429 g/mol. The van der Waals surface area contributed by atoms with Gasteiger partial charge in [-0.2, -0.15) is 18.2 Å². The molecule has 1 aromatic carbocycles. The van der Waals surface area contributed by atoms with Crippen molar-refractivity contribution in [2.45, 2.75) is 13.1 Å². The summed E-state index contributed by atoms with van der Waals surface area (Å²) >= 11 is 0. The number of nitrogens with one attached hydrogen (secondary N) is 1. The number of hydrogen-bond donors (Lipinski definition) is 1. The Hall–Kier alpha value is -3.89. The van der Waals surface area contributed by atoms with Crippen LogP contribution in [0.1, 0.15) is 11.3 Å². The summed E-state index contributed by atoms with van der Waals surface area (Å²) in [5, 5.41) is 6.93. The summed E-state index contributed by atoms with van der Waals surface area (Å²) in [6.07, 6.45) is 0.270. The van der Waals surface area contributed by atoms with E-state index in [-0.39, 0.29) is 11.8 Å². The van der Waals surface area contributed by atoms with E-state index in [1.807, 2.05) is 23.8 Å². The van der Waals surface area contributed by atoms with Crippen LogP contribution in [0.5, 0.6) is 5.75 Å². The number of anilines is 2. The van der Waals surface area contributed by atoms with Crippen LogP contribution in [0.4, 0.5) is 24.9 Å². The zero-order valence-corrected chi connectivity index (χ0v) is 16.8. The van der Waals surface area contributed by atoms with Gasteiger partial charge in [-0.3, -0.25) is 0 Å². The Balaban J connectivity index is 1.67. The topological polar surface area (TPSA) is 82.7 Å². The van der Waals surface area contributed by atoms with Crippen LogP contribution < -0.4 is 10.1 Å². The molecule has 0 saturated carbocycles. The molecule has 0 amide bonds. The molecule has 0 aliphatic heterocycles. The molecule has 0 aliphatic rings. The maximum Gasteiger partial charge on any atom is 0.419 e.